The molecule has 2 aromatic rings. The molecule has 31 heavy (non-hydrogen) atoms. The Hall–Kier alpha value is -3.47. The van der Waals surface area contributed by atoms with Gasteiger partial charge in [0.15, 0.2) is 23.1 Å². The molecule has 1 unspecified atom stereocenters. The SMILES string of the molecule is COc1cccc2c1OCC(C(=O)Nc1nc(N3CCOCC3)ncc1F)C2.O=CO. The molecule has 2 aliphatic heterocycles. The highest BCUT2D eigenvalue weighted by molar-refractivity contribution is 5.92. The fraction of sp³-hybridized carbons (Fsp3) is 0.400. The van der Waals surface area contributed by atoms with Crippen LogP contribution < -0.4 is 19.7 Å². The molecule has 1 aromatic heterocycles. The van der Waals surface area contributed by atoms with Crippen molar-refractivity contribution in [3.63, 3.8) is 0 Å². The van der Waals surface area contributed by atoms with Crippen molar-refractivity contribution in [1.82, 2.24) is 9.97 Å². The number of morpholine rings is 1. The van der Waals surface area contributed by atoms with Gasteiger partial charge >= 0.3 is 0 Å². The second-order valence-electron chi connectivity index (χ2n) is 6.72. The van der Waals surface area contributed by atoms with E-state index in [2.05, 4.69) is 15.3 Å². The molecule has 1 aromatic carbocycles. The first kappa shape index (κ1) is 22.2. The number of anilines is 2. The van der Waals surface area contributed by atoms with E-state index < -0.39 is 11.7 Å². The molecule has 166 valence electrons. The molecule has 1 atom stereocenters. The van der Waals surface area contributed by atoms with E-state index in [0.29, 0.717) is 50.2 Å². The van der Waals surface area contributed by atoms with E-state index in [1.165, 1.54) is 0 Å². The maximum absolute atomic E-state index is 14.2. The first-order chi connectivity index (χ1) is 15.1. The van der Waals surface area contributed by atoms with Crippen LogP contribution in [0, 0.1) is 11.7 Å². The van der Waals surface area contributed by atoms with E-state index in [1.807, 2.05) is 23.1 Å². The summed E-state index contributed by atoms with van der Waals surface area (Å²) in [5.41, 5.74) is 0.878. The number of halogens is 1. The molecule has 0 aliphatic carbocycles. The molecular weight excluding hydrogens is 411 g/mol. The van der Waals surface area contributed by atoms with E-state index in [-0.39, 0.29) is 24.8 Å². The molecule has 4 rings (SSSR count). The van der Waals surface area contributed by atoms with Gasteiger partial charge in [-0.1, -0.05) is 12.1 Å². The highest BCUT2D eigenvalue weighted by Gasteiger charge is 2.29. The summed E-state index contributed by atoms with van der Waals surface area (Å²) < 4.78 is 30.5. The van der Waals surface area contributed by atoms with Crippen molar-refractivity contribution in [3.8, 4) is 11.5 Å². The van der Waals surface area contributed by atoms with Crippen molar-refractivity contribution in [3.05, 3.63) is 35.8 Å². The lowest BCUT2D eigenvalue weighted by molar-refractivity contribution is -0.123. The van der Waals surface area contributed by atoms with Crippen LogP contribution in [0.3, 0.4) is 0 Å². The van der Waals surface area contributed by atoms with Crippen LogP contribution in [0.4, 0.5) is 16.2 Å². The zero-order chi connectivity index (χ0) is 22.2. The third-order valence-corrected chi connectivity index (χ3v) is 4.81. The number of ether oxygens (including phenoxy) is 3. The molecule has 1 saturated heterocycles. The van der Waals surface area contributed by atoms with E-state index in [9.17, 15) is 9.18 Å². The number of para-hydroxylation sites is 1. The summed E-state index contributed by atoms with van der Waals surface area (Å²) in [6, 6.07) is 5.54. The average molecular weight is 434 g/mol. The summed E-state index contributed by atoms with van der Waals surface area (Å²) in [7, 11) is 1.57. The smallest absolute Gasteiger partial charge is 0.290 e. The van der Waals surface area contributed by atoms with Gasteiger partial charge < -0.3 is 29.5 Å². The van der Waals surface area contributed by atoms with Gasteiger partial charge in [0.2, 0.25) is 11.9 Å². The summed E-state index contributed by atoms with van der Waals surface area (Å²) in [5.74, 6) is 0.0436. The van der Waals surface area contributed by atoms with Gasteiger partial charge in [0, 0.05) is 13.1 Å². The van der Waals surface area contributed by atoms with Crippen molar-refractivity contribution in [2.45, 2.75) is 6.42 Å². The van der Waals surface area contributed by atoms with Gasteiger partial charge in [0.25, 0.3) is 6.47 Å². The monoisotopic (exact) mass is 434 g/mol. The van der Waals surface area contributed by atoms with Crippen molar-refractivity contribution < 1.29 is 33.3 Å². The van der Waals surface area contributed by atoms with E-state index in [0.717, 1.165) is 11.8 Å². The van der Waals surface area contributed by atoms with Crippen LogP contribution in [-0.2, 0) is 20.7 Å². The third kappa shape index (κ3) is 5.37. The summed E-state index contributed by atoms with van der Waals surface area (Å²) in [5, 5.41) is 9.47. The van der Waals surface area contributed by atoms with Gasteiger partial charge in [0.05, 0.1) is 32.4 Å². The van der Waals surface area contributed by atoms with Crippen molar-refractivity contribution in [2.75, 3.05) is 50.2 Å². The zero-order valence-electron chi connectivity index (χ0n) is 16.9. The quantitative estimate of drug-likeness (QED) is 0.687. The lowest BCUT2D eigenvalue weighted by Gasteiger charge is -2.27. The minimum absolute atomic E-state index is 0.127. The second-order valence-corrected chi connectivity index (χ2v) is 6.72. The van der Waals surface area contributed by atoms with Gasteiger partial charge in [-0.2, -0.15) is 4.98 Å². The number of benzene rings is 1. The number of carboxylic acid groups (broad SMARTS) is 1. The Labute approximate surface area is 178 Å². The number of fused-ring (bicyclic) bond motifs is 1. The number of carbonyl (C=O) groups excluding carboxylic acids is 1. The average Bonchev–Trinajstić information content (AvgIpc) is 2.80. The van der Waals surface area contributed by atoms with Gasteiger partial charge in [-0.15, -0.1) is 0 Å². The van der Waals surface area contributed by atoms with Gasteiger partial charge in [-0.3, -0.25) is 9.59 Å². The Morgan fingerprint density at radius 1 is 1.39 bits per heavy atom. The fourth-order valence-corrected chi connectivity index (χ4v) is 3.30. The molecule has 2 N–H and O–H groups in total. The molecule has 0 saturated carbocycles. The predicted octanol–water partition coefficient (Wildman–Crippen LogP) is 1.35. The number of carbonyl (C=O) groups is 2. The van der Waals surface area contributed by atoms with Crippen LogP contribution >= 0.6 is 0 Å². The van der Waals surface area contributed by atoms with Crippen molar-refractivity contribution in [1.29, 1.82) is 0 Å². The highest BCUT2D eigenvalue weighted by Crippen LogP contribution is 2.36. The standard InChI is InChI=1S/C19H21FN4O4.CH2O2/c1-26-15-4-2-3-12-9-13(11-28-16(12)15)18(25)22-17-14(20)10-21-19(23-17)24-5-7-27-8-6-24;2-1-3/h2-4,10,13H,5-9,11H2,1H3,(H,21,22,23,25);1H,(H,2,3). The van der Waals surface area contributed by atoms with E-state index in [4.69, 9.17) is 24.1 Å². The van der Waals surface area contributed by atoms with Gasteiger partial charge in [0.1, 0.15) is 6.61 Å². The molecule has 3 heterocycles. The molecule has 10 nitrogen and oxygen atoms in total. The van der Waals surface area contributed by atoms with Crippen molar-refractivity contribution >= 4 is 24.1 Å². The normalized spacial score (nSPS) is 17.4. The lowest BCUT2D eigenvalue weighted by atomic mass is 9.95. The number of nitrogens with zero attached hydrogens (tertiary/aromatic N) is 3. The summed E-state index contributed by atoms with van der Waals surface area (Å²) in [6.45, 7) is 2.29. The van der Waals surface area contributed by atoms with Crippen LogP contribution in [0.25, 0.3) is 0 Å². The first-order valence-corrected chi connectivity index (χ1v) is 9.60. The fourth-order valence-electron chi connectivity index (χ4n) is 3.30. The number of methoxy groups -OCH3 is 1. The topological polar surface area (TPSA) is 123 Å². The number of amides is 1. The van der Waals surface area contributed by atoms with Crippen LogP contribution in [0.2, 0.25) is 0 Å². The Morgan fingerprint density at radius 3 is 2.84 bits per heavy atom. The van der Waals surface area contributed by atoms with E-state index >= 15 is 0 Å². The largest absolute Gasteiger partial charge is 0.493 e. The minimum Gasteiger partial charge on any atom is -0.493 e. The van der Waals surface area contributed by atoms with Crippen LogP contribution in [0.5, 0.6) is 11.5 Å². The molecule has 0 radical (unpaired) electrons. The Balaban J connectivity index is 0.000000858. The minimum atomic E-state index is -0.677. The van der Waals surface area contributed by atoms with E-state index in [1.54, 1.807) is 7.11 Å². The molecule has 1 amide bonds. The number of hydrogen-bond acceptors (Lipinski definition) is 8. The predicted molar refractivity (Wildman–Crippen MR) is 108 cm³/mol. The Bertz CT molecular complexity index is 923. The van der Waals surface area contributed by atoms with Gasteiger partial charge in [-0.05, 0) is 18.1 Å². The maximum atomic E-state index is 14.2. The Kier molecular flexibility index (Phi) is 7.55. The molecule has 2 aliphatic rings. The summed E-state index contributed by atoms with van der Waals surface area (Å²) in [4.78, 5) is 31.2. The zero-order valence-corrected chi connectivity index (χ0v) is 16.9. The Morgan fingerprint density at radius 2 is 2.13 bits per heavy atom. The third-order valence-electron chi connectivity index (χ3n) is 4.81. The molecule has 0 bridgehead atoms. The number of hydrogen-bond donors (Lipinski definition) is 2. The van der Waals surface area contributed by atoms with Crippen LogP contribution in [0.1, 0.15) is 5.56 Å². The molecule has 0 spiro atoms. The number of nitrogens with one attached hydrogen (secondary N) is 1. The summed E-state index contributed by atoms with van der Waals surface area (Å²) in [6.07, 6.45) is 1.55. The second kappa shape index (κ2) is 10.5. The first-order valence-electron chi connectivity index (χ1n) is 9.60. The molecule has 1 fully saturated rings. The van der Waals surface area contributed by atoms with Gasteiger partial charge in [-0.25, -0.2) is 9.37 Å². The van der Waals surface area contributed by atoms with Crippen molar-refractivity contribution in [2.24, 2.45) is 5.92 Å². The molecule has 11 heteroatoms. The lowest BCUT2D eigenvalue weighted by Crippen LogP contribution is -2.38. The number of aromatic nitrogens is 2. The van der Waals surface area contributed by atoms with Crippen LogP contribution in [-0.4, -0.2) is 67.5 Å². The van der Waals surface area contributed by atoms with Crippen LogP contribution in [0.15, 0.2) is 24.4 Å². The summed E-state index contributed by atoms with van der Waals surface area (Å²) >= 11 is 0. The maximum Gasteiger partial charge on any atom is 0.290 e. The molecular formula is C20H23FN4O6. The highest BCUT2D eigenvalue weighted by atomic mass is 19.1. The number of rotatable bonds is 4.